The zero-order valence-corrected chi connectivity index (χ0v) is 12.6. The van der Waals surface area contributed by atoms with Crippen LogP contribution in [-0.4, -0.2) is 34.5 Å². The smallest absolute Gasteiger partial charge is 0.314 e. The third-order valence-electron chi connectivity index (χ3n) is 3.68. The van der Waals surface area contributed by atoms with E-state index in [1.54, 1.807) is 0 Å². The fraction of sp³-hybridized carbons (Fsp3) is 0.385. The molecular formula is C13H16N2O5S. The third kappa shape index (κ3) is 2.64. The molecule has 0 saturated carbocycles. The van der Waals surface area contributed by atoms with Crippen LogP contribution in [0.1, 0.15) is 25.5 Å². The number of aromatic amines is 2. The summed E-state index contributed by atoms with van der Waals surface area (Å²) in [7, 11) is -3.50. The molecule has 114 valence electrons. The molecule has 0 bridgehead atoms. The van der Waals surface area contributed by atoms with Crippen molar-refractivity contribution in [3.05, 3.63) is 44.5 Å². The minimum Gasteiger partial charge on any atom is -0.387 e. The van der Waals surface area contributed by atoms with E-state index in [9.17, 15) is 23.1 Å². The topological polar surface area (TPSA) is 120 Å². The Bertz CT molecular complexity index is 908. The highest BCUT2D eigenvalue weighted by Gasteiger charge is 2.39. The Morgan fingerprint density at radius 2 is 1.62 bits per heavy atom. The second kappa shape index (κ2) is 4.81. The van der Waals surface area contributed by atoms with Crippen molar-refractivity contribution in [2.45, 2.75) is 24.7 Å². The van der Waals surface area contributed by atoms with Gasteiger partial charge in [0.05, 0.1) is 21.9 Å². The predicted octanol–water partition coefficient (Wildman–Crippen LogP) is 0.0730. The average molecular weight is 312 g/mol. The maximum absolute atomic E-state index is 11.8. The molecule has 2 rings (SSSR count). The van der Waals surface area contributed by atoms with Gasteiger partial charge in [-0.2, -0.15) is 0 Å². The van der Waals surface area contributed by atoms with E-state index in [-0.39, 0.29) is 0 Å². The predicted molar refractivity (Wildman–Crippen MR) is 79.1 cm³/mol. The van der Waals surface area contributed by atoms with E-state index < -0.39 is 31.8 Å². The van der Waals surface area contributed by atoms with Gasteiger partial charge in [0.2, 0.25) is 0 Å². The van der Waals surface area contributed by atoms with Gasteiger partial charge in [0.25, 0.3) is 0 Å². The van der Waals surface area contributed by atoms with Crippen LogP contribution in [0.2, 0.25) is 0 Å². The van der Waals surface area contributed by atoms with Crippen LogP contribution in [0.15, 0.2) is 27.8 Å². The lowest BCUT2D eigenvalue weighted by Crippen LogP contribution is -2.37. The molecule has 0 amide bonds. The van der Waals surface area contributed by atoms with Crippen molar-refractivity contribution in [1.29, 1.82) is 0 Å². The first-order chi connectivity index (χ1) is 9.54. The molecule has 2 aromatic rings. The van der Waals surface area contributed by atoms with Crippen molar-refractivity contribution >= 4 is 20.9 Å². The Labute approximate surface area is 120 Å². The molecule has 1 heterocycles. The molecule has 8 heteroatoms. The Morgan fingerprint density at radius 3 is 2.14 bits per heavy atom. The van der Waals surface area contributed by atoms with Crippen molar-refractivity contribution in [3.8, 4) is 0 Å². The monoisotopic (exact) mass is 312 g/mol. The molecule has 0 radical (unpaired) electrons. The standard InChI is InChI=1S/C13H16N2O5S/c1-13(2,21(3,19)20)10(16)7-4-5-8-9(6-7)15-12(18)11(17)14-8/h4-6,10,16H,1-3H3,(H,14,17)(H,15,18). The van der Waals surface area contributed by atoms with E-state index >= 15 is 0 Å². The van der Waals surface area contributed by atoms with Gasteiger partial charge in [-0.25, -0.2) is 8.42 Å². The lowest BCUT2D eigenvalue weighted by Gasteiger charge is -2.28. The summed E-state index contributed by atoms with van der Waals surface area (Å²) in [6.45, 7) is 2.85. The number of aromatic nitrogens is 2. The largest absolute Gasteiger partial charge is 0.387 e. The lowest BCUT2D eigenvalue weighted by atomic mass is 9.98. The molecule has 1 aromatic carbocycles. The number of benzene rings is 1. The second-order valence-electron chi connectivity index (χ2n) is 5.49. The third-order valence-corrected chi connectivity index (χ3v) is 5.81. The lowest BCUT2D eigenvalue weighted by molar-refractivity contribution is 0.139. The van der Waals surface area contributed by atoms with E-state index in [1.807, 2.05) is 0 Å². The Kier molecular flexibility index (Phi) is 3.54. The first-order valence-corrected chi connectivity index (χ1v) is 8.07. The molecular weight excluding hydrogens is 296 g/mol. The summed E-state index contributed by atoms with van der Waals surface area (Å²) in [6, 6.07) is 4.46. The summed E-state index contributed by atoms with van der Waals surface area (Å²) >= 11 is 0. The van der Waals surface area contributed by atoms with Crippen LogP contribution in [0.4, 0.5) is 0 Å². The molecule has 0 spiro atoms. The van der Waals surface area contributed by atoms with Gasteiger partial charge < -0.3 is 15.1 Å². The number of aliphatic hydroxyl groups excluding tert-OH is 1. The van der Waals surface area contributed by atoms with Crippen LogP contribution in [-0.2, 0) is 9.84 Å². The first-order valence-electron chi connectivity index (χ1n) is 6.18. The van der Waals surface area contributed by atoms with Crippen LogP contribution < -0.4 is 11.1 Å². The quantitative estimate of drug-likeness (QED) is 0.693. The average Bonchev–Trinajstić information content (AvgIpc) is 2.37. The number of rotatable bonds is 3. The van der Waals surface area contributed by atoms with Crippen molar-refractivity contribution in [3.63, 3.8) is 0 Å². The molecule has 1 aromatic heterocycles. The van der Waals surface area contributed by atoms with Gasteiger partial charge in [-0.05, 0) is 31.5 Å². The van der Waals surface area contributed by atoms with Crippen molar-refractivity contribution in [2.24, 2.45) is 0 Å². The minimum atomic E-state index is -3.50. The Hall–Kier alpha value is -1.93. The summed E-state index contributed by atoms with van der Waals surface area (Å²) in [6.07, 6.45) is -0.219. The molecule has 0 saturated heterocycles. The van der Waals surface area contributed by atoms with Crippen molar-refractivity contribution in [2.75, 3.05) is 6.26 Å². The highest BCUT2D eigenvalue weighted by atomic mass is 32.2. The van der Waals surface area contributed by atoms with Gasteiger partial charge in [0, 0.05) is 6.26 Å². The van der Waals surface area contributed by atoms with E-state index in [1.165, 1.54) is 32.0 Å². The number of aliphatic hydroxyl groups is 1. The number of hydrogen-bond donors (Lipinski definition) is 3. The van der Waals surface area contributed by atoms with Crippen LogP contribution in [0, 0.1) is 0 Å². The number of sulfone groups is 1. The van der Waals surface area contributed by atoms with Crippen LogP contribution in [0.5, 0.6) is 0 Å². The van der Waals surface area contributed by atoms with Crippen molar-refractivity contribution in [1.82, 2.24) is 9.97 Å². The normalized spacial score (nSPS) is 14.3. The van der Waals surface area contributed by atoms with Gasteiger partial charge in [-0.3, -0.25) is 9.59 Å². The van der Waals surface area contributed by atoms with Crippen LogP contribution in [0.25, 0.3) is 11.0 Å². The summed E-state index contributed by atoms with van der Waals surface area (Å²) in [5.74, 6) is 0. The Morgan fingerprint density at radius 1 is 1.10 bits per heavy atom. The molecule has 7 nitrogen and oxygen atoms in total. The zero-order valence-electron chi connectivity index (χ0n) is 11.8. The summed E-state index contributed by atoms with van der Waals surface area (Å²) in [5.41, 5.74) is -0.530. The van der Waals surface area contributed by atoms with Crippen LogP contribution >= 0.6 is 0 Å². The van der Waals surface area contributed by atoms with E-state index in [0.29, 0.717) is 16.6 Å². The van der Waals surface area contributed by atoms with Gasteiger partial charge in [-0.1, -0.05) is 6.07 Å². The van der Waals surface area contributed by atoms with Gasteiger partial charge in [0.15, 0.2) is 9.84 Å². The maximum atomic E-state index is 11.8. The molecule has 1 unspecified atom stereocenters. The summed E-state index contributed by atoms with van der Waals surface area (Å²) in [4.78, 5) is 27.3. The number of fused-ring (bicyclic) bond motifs is 1. The zero-order chi connectivity index (χ0) is 16.0. The molecule has 0 aliphatic rings. The van der Waals surface area contributed by atoms with Crippen LogP contribution in [0.3, 0.4) is 0 Å². The number of nitrogens with one attached hydrogen (secondary N) is 2. The van der Waals surface area contributed by atoms with E-state index in [4.69, 9.17) is 0 Å². The van der Waals surface area contributed by atoms with E-state index in [0.717, 1.165) is 6.26 Å². The highest BCUT2D eigenvalue weighted by molar-refractivity contribution is 7.92. The SMILES string of the molecule is CC(C)(C(O)c1ccc2[nH]c(=O)c(=O)[nH]c2c1)S(C)(=O)=O. The summed E-state index contributed by atoms with van der Waals surface area (Å²) < 4.78 is 22.1. The number of hydrogen-bond acceptors (Lipinski definition) is 5. The van der Waals surface area contributed by atoms with Crippen molar-refractivity contribution < 1.29 is 13.5 Å². The van der Waals surface area contributed by atoms with Gasteiger partial charge in [0.1, 0.15) is 0 Å². The second-order valence-corrected chi connectivity index (χ2v) is 8.09. The van der Waals surface area contributed by atoms with Gasteiger partial charge in [-0.15, -0.1) is 0 Å². The molecule has 21 heavy (non-hydrogen) atoms. The fourth-order valence-corrected chi connectivity index (χ4v) is 2.45. The molecule has 0 aliphatic carbocycles. The first kappa shape index (κ1) is 15.5. The molecule has 0 fully saturated rings. The number of H-pyrrole nitrogens is 2. The molecule has 3 N–H and O–H groups in total. The highest BCUT2D eigenvalue weighted by Crippen LogP contribution is 2.32. The fourth-order valence-electron chi connectivity index (χ4n) is 1.91. The van der Waals surface area contributed by atoms with Gasteiger partial charge >= 0.3 is 11.1 Å². The maximum Gasteiger partial charge on any atom is 0.314 e. The molecule has 1 atom stereocenters. The van der Waals surface area contributed by atoms with E-state index in [2.05, 4.69) is 9.97 Å². The Balaban J connectivity index is 2.61. The minimum absolute atomic E-state index is 0.320. The molecule has 0 aliphatic heterocycles. The summed E-state index contributed by atoms with van der Waals surface area (Å²) in [5, 5.41) is 10.3.